The second kappa shape index (κ2) is 9.75. The molecule has 0 amide bonds. The van der Waals surface area contributed by atoms with Crippen molar-refractivity contribution in [1.29, 1.82) is 0 Å². The first-order chi connectivity index (χ1) is 14.5. The molecule has 1 aliphatic heterocycles. The molecule has 0 bridgehead atoms. The van der Waals surface area contributed by atoms with Crippen LogP contribution in [0.25, 0.3) is 0 Å². The van der Waals surface area contributed by atoms with Crippen LogP contribution in [0.15, 0.2) is 30.3 Å². The maximum Gasteiger partial charge on any atom is 0.339 e. The largest absolute Gasteiger partial charge is 0.480 e. The van der Waals surface area contributed by atoms with Crippen molar-refractivity contribution in [2.24, 2.45) is 0 Å². The van der Waals surface area contributed by atoms with E-state index >= 15 is 0 Å². The van der Waals surface area contributed by atoms with Crippen LogP contribution in [0.4, 0.5) is 11.4 Å². The number of hydrogen-bond acceptors (Lipinski definition) is 6. The van der Waals surface area contributed by atoms with Crippen LogP contribution < -0.4 is 15.0 Å². The van der Waals surface area contributed by atoms with Crippen molar-refractivity contribution >= 4 is 34.7 Å². The monoisotopic (exact) mass is 428 g/mol. The third-order valence-electron chi connectivity index (χ3n) is 5.21. The van der Waals surface area contributed by atoms with Crippen LogP contribution in [-0.4, -0.2) is 61.4 Å². The molecule has 0 atom stereocenters. The van der Waals surface area contributed by atoms with Gasteiger partial charge in [0.05, 0.1) is 25.5 Å². The minimum absolute atomic E-state index is 0.403. The molecule has 1 aromatic carbocycles. The highest BCUT2D eigenvalue weighted by atomic mass is 32.1. The van der Waals surface area contributed by atoms with Crippen molar-refractivity contribution in [1.82, 2.24) is 9.88 Å². The molecule has 1 saturated heterocycles. The summed E-state index contributed by atoms with van der Waals surface area (Å²) in [5.41, 5.74) is 4.08. The molecule has 3 rings (SSSR count). The lowest BCUT2D eigenvalue weighted by Gasteiger charge is -2.37. The van der Waals surface area contributed by atoms with Crippen LogP contribution in [0.1, 0.15) is 28.5 Å². The smallest absolute Gasteiger partial charge is 0.339 e. The highest BCUT2D eigenvalue weighted by Gasteiger charge is 2.22. The number of esters is 1. The minimum atomic E-state index is -0.428. The maximum absolute atomic E-state index is 12.1. The molecule has 0 radical (unpaired) electrons. The van der Waals surface area contributed by atoms with Crippen LogP contribution in [-0.2, 0) is 11.2 Å². The van der Waals surface area contributed by atoms with E-state index < -0.39 is 5.97 Å². The van der Waals surface area contributed by atoms with Crippen molar-refractivity contribution in [2.45, 2.75) is 20.3 Å². The summed E-state index contributed by atoms with van der Waals surface area (Å²) in [5, 5.41) is 3.79. The van der Waals surface area contributed by atoms with Gasteiger partial charge in [-0.05, 0) is 43.8 Å². The number of pyridine rings is 1. The zero-order chi connectivity index (χ0) is 21.7. The molecule has 30 heavy (non-hydrogen) atoms. The van der Waals surface area contributed by atoms with Crippen LogP contribution in [0.3, 0.4) is 0 Å². The van der Waals surface area contributed by atoms with Gasteiger partial charge >= 0.3 is 5.97 Å². The number of anilines is 2. The Morgan fingerprint density at radius 3 is 2.40 bits per heavy atom. The summed E-state index contributed by atoms with van der Waals surface area (Å²) in [6, 6.07) is 10.3. The van der Waals surface area contributed by atoms with Gasteiger partial charge < -0.3 is 24.6 Å². The fourth-order valence-corrected chi connectivity index (χ4v) is 3.74. The number of methoxy groups -OCH3 is 2. The molecule has 160 valence electrons. The number of thiocarbonyl (C=S) groups is 1. The predicted octanol–water partition coefficient (Wildman–Crippen LogP) is 3.27. The molecule has 2 aromatic rings. The Labute approximate surface area is 183 Å². The SMILES string of the molecule is CCc1nc(OC)c(NC(=S)N2CCN(c3ccc(C)cc3)CC2)cc1C(=O)OC. The molecular weight excluding hydrogens is 400 g/mol. The van der Waals surface area contributed by atoms with Crippen molar-refractivity contribution in [3.8, 4) is 5.88 Å². The van der Waals surface area contributed by atoms with Crippen LogP contribution >= 0.6 is 12.2 Å². The standard InChI is InChI=1S/C22H28N4O3S/c1-5-18-17(21(27)29-4)14-19(20(23-18)28-3)24-22(30)26-12-10-25(11-13-26)16-8-6-15(2)7-9-16/h6-9,14H,5,10-13H2,1-4H3,(H,24,30). The molecule has 0 saturated carbocycles. The van der Waals surface area contributed by atoms with E-state index in [0.717, 1.165) is 26.2 Å². The van der Waals surface area contributed by atoms with Gasteiger partial charge in [0, 0.05) is 31.9 Å². The highest BCUT2D eigenvalue weighted by Crippen LogP contribution is 2.27. The van der Waals surface area contributed by atoms with E-state index in [2.05, 4.69) is 51.3 Å². The number of carbonyl (C=O) groups excluding carboxylic acids is 1. The molecule has 0 unspecified atom stereocenters. The second-order valence-corrected chi connectivity index (χ2v) is 7.51. The predicted molar refractivity (Wildman–Crippen MR) is 123 cm³/mol. The Balaban J connectivity index is 1.70. The molecule has 1 fully saturated rings. The van der Waals surface area contributed by atoms with Gasteiger partial charge in [-0.25, -0.2) is 9.78 Å². The summed E-state index contributed by atoms with van der Waals surface area (Å²) in [6.45, 7) is 7.37. The third-order valence-corrected chi connectivity index (χ3v) is 5.57. The van der Waals surface area contributed by atoms with Gasteiger partial charge in [0.1, 0.15) is 5.69 Å². The molecule has 1 N–H and O–H groups in total. The van der Waals surface area contributed by atoms with Gasteiger partial charge in [-0.3, -0.25) is 0 Å². The van der Waals surface area contributed by atoms with Gasteiger partial charge in [-0.15, -0.1) is 0 Å². The summed E-state index contributed by atoms with van der Waals surface area (Å²) in [4.78, 5) is 21.1. The number of benzene rings is 1. The number of aryl methyl sites for hydroxylation is 2. The fourth-order valence-electron chi connectivity index (χ4n) is 3.45. The number of nitrogens with one attached hydrogen (secondary N) is 1. The van der Waals surface area contributed by atoms with E-state index in [-0.39, 0.29) is 0 Å². The second-order valence-electron chi connectivity index (χ2n) is 7.12. The van der Waals surface area contributed by atoms with Crippen molar-refractivity contribution in [2.75, 3.05) is 50.6 Å². The third kappa shape index (κ3) is 4.81. The minimum Gasteiger partial charge on any atom is -0.480 e. The van der Waals surface area contributed by atoms with Crippen molar-refractivity contribution < 1.29 is 14.3 Å². The van der Waals surface area contributed by atoms with Crippen molar-refractivity contribution in [3.05, 3.63) is 47.2 Å². The molecule has 1 aliphatic rings. The molecule has 8 heteroatoms. The van der Waals surface area contributed by atoms with Crippen molar-refractivity contribution in [3.63, 3.8) is 0 Å². The number of hydrogen-bond donors (Lipinski definition) is 1. The Hall–Kier alpha value is -2.87. The number of piperazine rings is 1. The quantitative estimate of drug-likeness (QED) is 0.575. The number of carbonyl (C=O) groups is 1. The number of nitrogens with zero attached hydrogens (tertiary/aromatic N) is 3. The Kier molecular flexibility index (Phi) is 7.10. The topological polar surface area (TPSA) is 66.9 Å². The zero-order valence-corrected chi connectivity index (χ0v) is 18.7. The first-order valence-corrected chi connectivity index (χ1v) is 10.4. The fraction of sp³-hybridized carbons (Fsp3) is 0.409. The van der Waals surface area contributed by atoms with Crippen LogP contribution in [0.5, 0.6) is 5.88 Å². The lowest BCUT2D eigenvalue weighted by molar-refractivity contribution is 0.0599. The molecule has 2 heterocycles. The van der Waals surface area contributed by atoms with Crippen LogP contribution in [0, 0.1) is 6.92 Å². The van der Waals surface area contributed by atoms with Gasteiger partial charge in [-0.2, -0.15) is 0 Å². The Morgan fingerprint density at radius 2 is 1.83 bits per heavy atom. The lowest BCUT2D eigenvalue weighted by atomic mass is 10.1. The summed E-state index contributed by atoms with van der Waals surface area (Å²) in [7, 11) is 2.91. The van der Waals surface area contributed by atoms with Gasteiger partial charge in [0.15, 0.2) is 5.11 Å². The summed E-state index contributed by atoms with van der Waals surface area (Å²) >= 11 is 5.63. The molecule has 0 spiro atoms. The van der Waals surface area contributed by atoms with Gasteiger partial charge in [0.25, 0.3) is 0 Å². The Bertz CT molecular complexity index is 909. The lowest BCUT2D eigenvalue weighted by Crippen LogP contribution is -2.50. The van der Waals surface area contributed by atoms with E-state index in [1.807, 2.05) is 6.92 Å². The van der Waals surface area contributed by atoms with E-state index in [1.165, 1.54) is 18.4 Å². The number of ether oxygens (including phenoxy) is 2. The summed E-state index contributed by atoms with van der Waals surface area (Å²) < 4.78 is 10.3. The summed E-state index contributed by atoms with van der Waals surface area (Å²) in [5.74, 6) is -0.0252. The maximum atomic E-state index is 12.1. The van der Waals surface area contributed by atoms with E-state index in [4.69, 9.17) is 21.7 Å². The van der Waals surface area contributed by atoms with Gasteiger partial charge in [0.2, 0.25) is 5.88 Å². The molecule has 7 nitrogen and oxygen atoms in total. The molecule has 1 aromatic heterocycles. The normalized spacial score (nSPS) is 13.7. The average Bonchev–Trinajstić information content (AvgIpc) is 2.78. The molecule has 0 aliphatic carbocycles. The summed E-state index contributed by atoms with van der Waals surface area (Å²) in [6.07, 6.45) is 0.590. The van der Waals surface area contributed by atoms with E-state index in [1.54, 1.807) is 13.2 Å². The number of rotatable bonds is 5. The highest BCUT2D eigenvalue weighted by molar-refractivity contribution is 7.80. The number of aromatic nitrogens is 1. The zero-order valence-electron chi connectivity index (χ0n) is 17.9. The van der Waals surface area contributed by atoms with Crippen LogP contribution in [0.2, 0.25) is 0 Å². The molecular formula is C22H28N4O3S. The first kappa shape index (κ1) is 21.8. The van der Waals surface area contributed by atoms with E-state index in [0.29, 0.717) is 34.4 Å². The average molecular weight is 429 g/mol. The first-order valence-electron chi connectivity index (χ1n) is 10.0. The Morgan fingerprint density at radius 1 is 1.17 bits per heavy atom. The van der Waals surface area contributed by atoms with E-state index in [9.17, 15) is 4.79 Å². The van der Waals surface area contributed by atoms with Gasteiger partial charge in [-0.1, -0.05) is 24.6 Å².